The second kappa shape index (κ2) is 10.1. The van der Waals surface area contributed by atoms with E-state index in [9.17, 15) is 27.4 Å². The van der Waals surface area contributed by atoms with Crippen molar-refractivity contribution in [3.8, 4) is 0 Å². The van der Waals surface area contributed by atoms with Crippen LogP contribution in [0.25, 0.3) is 0 Å². The van der Waals surface area contributed by atoms with E-state index < -0.39 is 44.6 Å². The van der Waals surface area contributed by atoms with Crippen molar-refractivity contribution < 1.29 is 36.8 Å². The minimum atomic E-state index is -4.32. The summed E-state index contributed by atoms with van der Waals surface area (Å²) in [4.78, 5) is 43.6. The number of benzene rings is 2. The third-order valence-electron chi connectivity index (χ3n) is 7.89. The van der Waals surface area contributed by atoms with Crippen LogP contribution in [0.5, 0.6) is 0 Å². The van der Waals surface area contributed by atoms with Crippen LogP contribution in [-0.2, 0) is 40.2 Å². The van der Waals surface area contributed by atoms with E-state index in [1.807, 2.05) is 88.4 Å². The van der Waals surface area contributed by atoms with Crippen LogP contribution in [0, 0.1) is 0 Å². The minimum Gasteiger partial charge on any atom is -0.327 e. The standard InChI is InChI=1S/C30H31N3O7S/c1-29(2)20-10-5-7-12-22(20)31(18-28(36)40-33-26(34)16-17-27(33)35)24(29)14-9-15-25-30(3,4)21-11-6-8-13-23(21)32(25)19-41(37,38)39/h5-15H,16-19H2,1-4H3/p+1. The molecule has 41 heavy (non-hydrogen) atoms. The van der Waals surface area contributed by atoms with Crippen LogP contribution in [0.3, 0.4) is 0 Å². The number of rotatable bonds is 7. The lowest BCUT2D eigenvalue weighted by Crippen LogP contribution is -2.36. The van der Waals surface area contributed by atoms with Gasteiger partial charge in [-0.1, -0.05) is 56.3 Å². The fraction of sp³-hybridized carbons (Fsp3) is 0.333. The van der Waals surface area contributed by atoms with Crippen LogP contribution >= 0.6 is 0 Å². The molecule has 2 amide bonds. The van der Waals surface area contributed by atoms with E-state index in [0.29, 0.717) is 16.4 Å². The molecular formula is C30H32N3O7S+. The summed E-state index contributed by atoms with van der Waals surface area (Å²) < 4.78 is 35.3. The lowest BCUT2D eigenvalue weighted by atomic mass is 9.81. The Hall–Kier alpha value is -4.09. The van der Waals surface area contributed by atoms with Gasteiger partial charge in [0.15, 0.2) is 11.6 Å². The molecule has 3 aliphatic heterocycles. The highest BCUT2D eigenvalue weighted by atomic mass is 32.2. The molecule has 1 N–H and O–H groups in total. The molecule has 3 heterocycles. The second-order valence-corrected chi connectivity index (χ2v) is 12.8. The molecule has 11 heteroatoms. The number of hydrogen-bond acceptors (Lipinski definition) is 7. The van der Waals surface area contributed by atoms with E-state index in [1.165, 1.54) is 0 Å². The molecule has 1 saturated heterocycles. The third kappa shape index (κ3) is 5.11. The second-order valence-electron chi connectivity index (χ2n) is 11.4. The molecule has 0 aliphatic carbocycles. The average Bonchev–Trinajstić information content (AvgIpc) is 3.40. The zero-order valence-electron chi connectivity index (χ0n) is 23.3. The summed E-state index contributed by atoms with van der Waals surface area (Å²) in [5, 5.41) is 0.541. The first-order valence-corrected chi connectivity index (χ1v) is 14.8. The molecule has 0 radical (unpaired) electrons. The first kappa shape index (κ1) is 28.4. The molecule has 5 rings (SSSR count). The van der Waals surface area contributed by atoms with Crippen LogP contribution in [0.1, 0.15) is 51.7 Å². The lowest BCUT2D eigenvalue weighted by molar-refractivity contribution is -0.430. The molecule has 2 aromatic carbocycles. The molecule has 0 unspecified atom stereocenters. The van der Waals surface area contributed by atoms with Gasteiger partial charge in [-0.3, -0.25) is 14.1 Å². The molecule has 0 atom stereocenters. The number of carbonyl (C=O) groups excluding carboxylic acids is 3. The van der Waals surface area contributed by atoms with Crippen molar-refractivity contribution >= 4 is 45.0 Å². The van der Waals surface area contributed by atoms with Crippen LogP contribution < -0.4 is 4.90 Å². The van der Waals surface area contributed by atoms with Gasteiger partial charge < -0.3 is 9.74 Å². The van der Waals surface area contributed by atoms with Crippen molar-refractivity contribution in [2.45, 2.75) is 51.4 Å². The number of allylic oxidation sites excluding steroid dienone is 4. The minimum absolute atomic E-state index is 0.00922. The summed E-state index contributed by atoms with van der Waals surface area (Å²) in [6, 6.07) is 15.1. The van der Waals surface area contributed by atoms with Crippen molar-refractivity contribution in [1.82, 2.24) is 5.06 Å². The van der Waals surface area contributed by atoms with Crippen LogP contribution in [0.4, 0.5) is 11.4 Å². The van der Waals surface area contributed by atoms with E-state index in [0.717, 1.165) is 22.5 Å². The smallest absolute Gasteiger partial charge is 0.327 e. The maximum atomic E-state index is 12.9. The van der Waals surface area contributed by atoms with Crippen molar-refractivity contribution in [3.05, 3.63) is 83.6 Å². The highest BCUT2D eigenvalue weighted by Gasteiger charge is 2.46. The zero-order chi connectivity index (χ0) is 29.7. The van der Waals surface area contributed by atoms with Crippen molar-refractivity contribution in [2.75, 3.05) is 17.3 Å². The summed E-state index contributed by atoms with van der Waals surface area (Å²) in [5.74, 6) is -2.43. The summed E-state index contributed by atoms with van der Waals surface area (Å²) in [5.41, 5.74) is 3.78. The first-order valence-electron chi connectivity index (χ1n) is 13.2. The summed E-state index contributed by atoms with van der Waals surface area (Å²) in [6.07, 6.45) is 5.49. The molecule has 2 aromatic rings. The number of anilines is 1. The van der Waals surface area contributed by atoms with Gasteiger partial charge in [0.2, 0.25) is 12.2 Å². The Labute approximate surface area is 238 Å². The molecule has 0 saturated carbocycles. The number of nitrogens with zero attached hydrogens (tertiary/aromatic N) is 3. The zero-order valence-corrected chi connectivity index (χ0v) is 24.1. The predicted molar refractivity (Wildman–Crippen MR) is 152 cm³/mol. The van der Waals surface area contributed by atoms with Gasteiger partial charge in [-0.25, -0.2) is 4.79 Å². The van der Waals surface area contributed by atoms with E-state index in [1.54, 1.807) is 15.6 Å². The Kier molecular flexibility index (Phi) is 6.99. The Morgan fingerprint density at radius 3 is 2.24 bits per heavy atom. The molecular weight excluding hydrogens is 546 g/mol. The number of para-hydroxylation sites is 2. The topological polar surface area (TPSA) is 124 Å². The van der Waals surface area contributed by atoms with Gasteiger partial charge in [0, 0.05) is 47.3 Å². The molecule has 214 valence electrons. The van der Waals surface area contributed by atoms with Gasteiger partial charge in [-0.2, -0.15) is 13.0 Å². The van der Waals surface area contributed by atoms with Gasteiger partial charge in [-0.05, 0) is 31.6 Å². The monoisotopic (exact) mass is 578 g/mol. The number of hydroxylamine groups is 2. The largest absolute Gasteiger partial charge is 0.398 e. The Morgan fingerprint density at radius 1 is 0.976 bits per heavy atom. The van der Waals surface area contributed by atoms with Crippen LogP contribution in [0.2, 0.25) is 0 Å². The normalized spacial score (nSPS) is 20.4. The van der Waals surface area contributed by atoms with E-state index in [-0.39, 0.29) is 19.4 Å². The van der Waals surface area contributed by atoms with Gasteiger partial charge >= 0.3 is 5.97 Å². The van der Waals surface area contributed by atoms with Gasteiger partial charge in [0.25, 0.3) is 21.9 Å². The third-order valence-corrected chi connectivity index (χ3v) is 8.47. The maximum absolute atomic E-state index is 12.9. The number of amides is 2. The number of fused-ring (bicyclic) bond motifs is 2. The van der Waals surface area contributed by atoms with E-state index in [2.05, 4.69) is 0 Å². The maximum Gasteiger partial charge on any atom is 0.398 e. The quantitative estimate of drug-likeness (QED) is 0.299. The summed E-state index contributed by atoms with van der Waals surface area (Å²) >= 11 is 0. The molecule has 1 fully saturated rings. The summed E-state index contributed by atoms with van der Waals surface area (Å²) in [7, 11) is -4.32. The fourth-order valence-corrected chi connectivity index (χ4v) is 6.51. The van der Waals surface area contributed by atoms with Crippen molar-refractivity contribution in [1.29, 1.82) is 0 Å². The highest BCUT2D eigenvalue weighted by Crippen LogP contribution is 2.48. The Bertz CT molecular complexity index is 1650. The van der Waals surface area contributed by atoms with Crippen LogP contribution in [0.15, 0.2) is 72.5 Å². The first-order chi connectivity index (χ1) is 19.2. The fourth-order valence-electron chi connectivity index (χ4n) is 5.90. The number of hydrogen-bond donors (Lipinski definition) is 1. The summed E-state index contributed by atoms with van der Waals surface area (Å²) in [6.45, 7) is 7.79. The SMILES string of the molecule is CC1(C)C(=CC=CC2=[N+](CC(=O)ON3C(=O)CCC3=O)c3ccccc3C2(C)C)N(CS(=O)(=O)O)c2ccccc21. The Morgan fingerprint density at radius 2 is 1.59 bits per heavy atom. The molecule has 10 nitrogen and oxygen atoms in total. The van der Waals surface area contributed by atoms with Crippen molar-refractivity contribution in [2.24, 2.45) is 0 Å². The Balaban J connectivity index is 1.53. The van der Waals surface area contributed by atoms with Gasteiger partial charge in [-0.15, -0.1) is 5.06 Å². The highest BCUT2D eigenvalue weighted by molar-refractivity contribution is 7.85. The molecule has 0 spiro atoms. The average molecular weight is 579 g/mol. The number of carbonyl (C=O) groups is 3. The van der Waals surface area contributed by atoms with E-state index in [4.69, 9.17) is 4.84 Å². The molecule has 3 aliphatic rings. The van der Waals surface area contributed by atoms with Gasteiger partial charge in [0.05, 0.1) is 5.41 Å². The predicted octanol–water partition coefficient (Wildman–Crippen LogP) is 3.75. The van der Waals surface area contributed by atoms with Crippen molar-refractivity contribution in [3.63, 3.8) is 0 Å². The molecule has 0 aromatic heterocycles. The van der Waals surface area contributed by atoms with Crippen LogP contribution in [-0.4, -0.2) is 58.5 Å². The van der Waals surface area contributed by atoms with Gasteiger partial charge in [0.1, 0.15) is 0 Å². The lowest BCUT2D eigenvalue weighted by Gasteiger charge is -2.25. The number of imide groups is 1. The molecule has 0 bridgehead atoms. The van der Waals surface area contributed by atoms with E-state index >= 15 is 0 Å².